The summed E-state index contributed by atoms with van der Waals surface area (Å²) >= 11 is 3.29. The molecule has 1 aliphatic carbocycles. The molecule has 3 fully saturated rings. The Kier molecular flexibility index (Phi) is 3.45. The number of nitrogens with two attached hydrogens (primary N) is 1. The number of halogens is 2. The highest BCUT2D eigenvalue weighted by atomic mass is 79.9. The first-order valence-corrected chi connectivity index (χ1v) is 8.26. The van der Waals surface area contributed by atoms with Gasteiger partial charge in [-0.3, -0.25) is 9.59 Å². The SMILES string of the molecule is NC(=O)c1ncoc1C1C2CC1N(C(=O)c1cc(F)ccc1Br)C2. The lowest BCUT2D eigenvalue weighted by molar-refractivity contribution is 0.0728. The summed E-state index contributed by atoms with van der Waals surface area (Å²) in [4.78, 5) is 29.8. The fraction of sp³-hybridized carbons (Fsp3) is 0.312. The number of carbonyl (C=O) groups excluding carboxylic acids is 2. The van der Waals surface area contributed by atoms with Crippen LogP contribution in [0.4, 0.5) is 4.39 Å². The van der Waals surface area contributed by atoms with E-state index >= 15 is 0 Å². The van der Waals surface area contributed by atoms with E-state index in [1.54, 1.807) is 4.90 Å². The average molecular weight is 394 g/mol. The second-order valence-corrected chi connectivity index (χ2v) is 6.95. The van der Waals surface area contributed by atoms with Gasteiger partial charge in [0.1, 0.15) is 11.6 Å². The Labute approximate surface area is 145 Å². The fourth-order valence-corrected chi connectivity index (χ4v) is 4.15. The number of hydrogen-bond donors (Lipinski definition) is 1. The Balaban J connectivity index is 1.62. The van der Waals surface area contributed by atoms with Crippen LogP contribution in [-0.4, -0.2) is 34.3 Å². The van der Waals surface area contributed by atoms with Crippen LogP contribution in [0.5, 0.6) is 0 Å². The summed E-state index contributed by atoms with van der Waals surface area (Å²) in [7, 11) is 0. The van der Waals surface area contributed by atoms with Crippen LogP contribution >= 0.6 is 15.9 Å². The second kappa shape index (κ2) is 5.41. The van der Waals surface area contributed by atoms with Gasteiger partial charge in [0, 0.05) is 23.0 Å². The van der Waals surface area contributed by atoms with E-state index in [0.29, 0.717) is 16.8 Å². The van der Waals surface area contributed by atoms with Gasteiger partial charge in [0.25, 0.3) is 11.8 Å². The van der Waals surface area contributed by atoms with Crippen molar-refractivity contribution in [2.24, 2.45) is 11.7 Å². The normalized spacial score (nSPS) is 24.8. The van der Waals surface area contributed by atoms with E-state index in [-0.39, 0.29) is 35.0 Å². The summed E-state index contributed by atoms with van der Waals surface area (Å²) in [6.07, 6.45) is 2.02. The van der Waals surface area contributed by atoms with Gasteiger partial charge in [-0.25, -0.2) is 9.37 Å². The zero-order chi connectivity index (χ0) is 17.0. The van der Waals surface area contributed by atoms with Gasteiger partial charge in [-0.1, -0.05) is 0 Å². The molecule has 2 N–H and O–H groups in total. The number of rotatable bonds is 3. The molecule has 0 radical (unpaired) electrons. The lowest BCUT2D eigenvalue weighted by Gasteiger charge is -2.35. The number of aromatic nitrogens is 1. The van der Waals surface area contributed by atoms with Crippen molar-refractivity contribution in [1.29, 1.82) is 0 Å². The third kappa shape index (κ3) is 2.16. The van der Waals surface area contributed by atoms with Gasteiger partial charge in [0.2, 0.25) is 0 Å². The van der Waals surface area contributed by atoms with Gasteiger partial charge in [0.05, 0.1) is 5.56 Å². The maximum absolute atomic E-state index is 13.5. The van der Waals surface area contributed by atoms with Crippen LogP contribution in [0.15, 0.2) is 33.5 Å². The van der Waals surface area contributed by atoms with Crippen LogP contribution in [0.2, 0.25) is 0 Å². The zero-order valence-electron chi connectivity index (χ0n) is 12.4. The molecule has 2 saturated heterocycles. The summed E-state index contributed by atoms with van der Waals surface area (Å²) in [5.41, 5.74) is 5.73. The minimum absolute atomic E-state index is 0.0914. The van der Waals surface area contributed by atoms with Gasteiger partial charge in [-0.15, -0.1) is 0 Å². The van der Waals surface area contributed by atoms with E-state index < -0.39 is 11.7 Å². The Morgan fingerprint density at radius 2 is 2.21 bits per heavy atom. The van der Waals surface area contributed by atoms with Crippen LogP contribution in [0, 0.1) is 11.7 Å². The molecule has 3 aliphatic rings. The number of carbonyl (C=O) groups is 2. The smallest absolute Gasteiger partial charge is 0.270 e. The number of amides is 2. The van der Waals surface area contributed by atoms with Gasteiger partial charge >= 0.3 is 0 Å². The Morgan fingerprint density at radius 3 is 2.96 bits per heavy atom. The number of nitrogens with zero attached hydrogens (tertiary/aromatic N) is 2. The van der Waals surface area contributed by atoms with Crippen molar-refractivity contribution in [3.8, 4) is 0 Å². The third-order valence-corrected chi connectivity index (χ3v) is 5.54. The molecule has 6 nitrogen and oxygen atoms in total. The predicted octanol–water partition coefficient (Wildman–Crippen LogP) is 2.30. The van der Waals surface area contributed by atoms with E-state index in [2.05, 4.69) is 20.9 Å². The van der Waals surface area contributed by atoms with E-state index in [1.807, 2.05) is 0 Å². The van der Waals surface area contributed by atoms with Crippen LogP contribution in [0.1, 0.15) is 38.9 Å². The molecule has 2 bridgehead atoms. The molecule has 1 saturated carbocycles. The Bertz CT molecular complexity index is 853. The third-order valence-electron chi connectivity index (χ3n) is 4.85. The minimum Gasteiger partial charge on any atom is -0.447 e. The van der Waals surface area contributed by atoms with Gasteiger partial charge in [-0.05, 0) is 46.5 Å². The van der Waals surface area contributed by atoms with Crippen molar-refractivity contribution >= 4 is 27.7 Å². The molecule has 3 heterocycles. The standard InChI is InChI=1S/C16H13BrFN3O3/c17-10-2-1-8(18)4-9(10)16(23)21-5-7-3-11(21)12(7)14-13(15(19)22)20-6-24-14/h1-2,4,6-7,11-12H,3,5H2,(H2,19,22). The molecule has 5 rings (SSSR count). The predicted molar refractivity (Wildman–Crippen MR) is 84.8 cm³/mol. The summed E-state index contributed by atoms with van der Waals surface area (Å²) in [6, 6.07) is 3.94. The van der Waals surface area contributed by atoms with Crippen LogP contribution in [0.3, 0.4) is 0 Å². The van der Waals surface area contributed by atoms with Crippen molar-refractivity contribution < 1.29 is 18.4 Å². The second-order valence-electron chi connectivity index (χ2n) is 6.10. The number of hydrogen-bond acceptors (Lipinski definition) is 4. The van der Waals surface area contributed by atoms with Crippen molar-refractivity contribution in [2.45, 2.75) is 18.4 Å². The highest BCUT2D eigenvalue weighted by molar-refractivity contribution is 9.10. The Hall–Kier alpha value is -2.22. The molecule has 2 aromatic rings. The minimum atomic E-state index is -0.643. The quantitative estimate of drug-likeness (QED) is 0.865. The first-order chi connectivity index (χ1) is 11.5. The number of primary amides is 1. The van der Waals surface area contributed by atoms with Crippen molar-refractivity contribution in [3.05, 3.63) is 51.9 Å². The maximum atomic E-state index is 13.5. The zero-order valence-corrected chi connectivity index (χ0v) is 14.0. The molecule has 0 spiro atoms. The average Bonchev–Trinajstić information content (AvgIpc) is 3.22. The number of fused-ring (bicyclic) bond motifs is 1. The highest BCUT2D eigenvalue weighted by Crippen LogP contribution is 2.53. The van der Waals surface area contributed by atoms with E-state index in [4.69, 9.17) is 10.2 Å². The molecule has 2 aliphatic heterocycles. The van der Waals surface area contributed by atoms with Gasteiger partial charge in [0.15, 0.2) is 12.1 Å². The first kappa shape index (κ1) is 15.3. The topological polar surface area (TPSA) is 89.4 Å². The highest BCUT2D eigenvalue weighted by Gasteiger charge is 2.56. The summed E-state index contributed by atoms with van der Waals surface area (Å²) in [5, 5.41) is 0. The largest absolute Gasteiger partial charge is 0.447 e. The molecular weight excluding hydrogens is 381 g/mol. The lowest BCUT2D eigenvalue weighted by Crippen LogP contribution is -2.40. The summed E-state index contributed by atoms with van der Waals surface area (Å²) < 4.78 is 19.4. The first-order valence-electron chi connectivity index (χ1n) is 7.46. The summed E-state index contributed by atoms with van der Waals surface area (Å²) in [5.74, 6) is -0.802. The Morgan fingerprint density at radius 1 is 1.42 bits per heavy atom. The van der Waals surface area contributed by atoms with Gasteiger partial charge < -0.3 is 15.1 Å². The molecule has 8 heteroatoms. The molecular formula is C16H13BrFN3O3. The van der Waals surface area contributed by atoms with Crippen LogP contribution in [-0.2, 0) is 0 Å². The molecule has 3 unspecified atom stereocenters. The van der Waals surface area contributed by atoms with Crippen LogP contribution < -0.4 is 5.73 Å². The van der Waals surface area contributed by atoms with Gasteiger partial charge in [-0.2, -0.15) is 0 Å². The number of benzene rings is 1. The van der Waals surface area contributed by atoms with E-state index in [1.165, 1.54) is 24.6 Å². The maximum Gasteiger partial charge on any atom is 0.270 e. The van der Waals surface area contributed by atoms with E-state index in [0.717, 1.165) is 6.42 Å². The van der Waals surface area contributed by atoms with Crippen molar-refractivity contribution in [3.63, 3.8) is 0 Å². The molecule has 24 heavy (non-hydrogen) atoms. The summed E-state index contributed by atoms with van der Waals surface area (Å²) in [6.45, 7) is 0.538. The van der Waals surface area contributed by atoms with E-state index in [9.17, 15) is 14.0 Å². The molecule has 2 amide bonds. The lowest BCUT2D eigenvalue weighted by atomic mass is 9.72. The van der Waals surface area contributed by atoms with Crippen molar-refractivity contribution in [1.82, 2.24) is 9.88 Å². The molecule has 1 aromatic heterocycles. The van der Waals surface area contributed by atoms with Crippen LogP contribution in [0.25, 0.3) is 0 Å². The molecule has 124 valence electrons. The van der Waals surface area contributed by atoms with Crippen molar-refractivity contribution in [2.75, 3.05) is 6.54 Å². The molecule has 3 atom stereocenters. The molecule has 1 aromatic carbocycles. The fourth-order valence-electron chi connectivity index (χ4n) is 3.73. The monoisotopic (exact) mass is 393 g/mol. The number of oxazole rings is 1.